The highest BCUT2D eigenvalue weighted by Crippen LogP contribution is 2.50. The van der Waals surface area contributed by atoms with Crippen LogP contribution in [0.25, 0.3) is 11.4 Å². The Hall–Kier alpha value is -1.50. The van der Waals surface area contributed by atoms with Gasteiger partial charge in [-0.3, -0.25) is 9.69 Å². The Bertz CT molecular complexity index is 1200. The summed E-state index contributed by atoms with van der Waals surface area (Å²) >= 11 is 15.6. The van der Waals surface area contributed by atoms with Crippen molar-refractivity contribution < 1.29 is 18.0 Å². The van der Waals surface area contributed by atoms with Gasteiger partial charge in [0.05, 0.1) is 12.1 Å². The highest BCUT2D eigenvalue weighted by atomic mass is 79.9. The number of amides is 1. The average Bonchev–Trinajstić information content (AvgIpc) is 3.09. The first kappa shape index (κ1) is 22.7. The highest BCUT2D eigenvalue weighted by Gasteiger charge is 2.49. The molecule has 3 aromatic rings. The van der Waals surface area contributed by atoms with E-state index in [0.29, 0.717) is 16.9 Å². The largest absolute Gasteiger partial charge is 0.436 e. The molecule has 4 rings (SSSR count). The predicted octanol–water partition coefficient (Wildman–Crippen LogP) is 5.80. The van der Waals surface area contributed by atoms with Crippen LogP contribution in [0.5, 0.6) is 0 Å². The summed E-state index contributed by atoms with van der Waals surface area (Å²) in [4.78, 5) is 26.1. The fourth-order valence-electron chi connectivity index (χ4n) is 3.17. The summed E-state index contributed by atoms with van der Waals surface area (Å²) in [6.45, 7) is 0.177. The second kappa shape index (κ2) is 7.82. The van der Waals surface area contributed by atoms with Gasteiger partial charge in [0.1, 0.15) is 16.2 Å². The number of nitrogens with zero attached hydrogens (tertiary/aromatic N) is 5. The van der Waals surface area contributed by atoms with E-state index >= 15 is 0 Å². The van der Waals surface area contributed by atoms with Crippen molar-refractivity contribution in [3.8, 4) is 11.4 Å². The summed E-state index contributed by atoms with van der Waals surface area (Å²) in [6, 6.07) is 6.72. The van der Waals surface area contributed by atoms with E-state index in [0.717, 1.165) is 5.56 Å². The van der Waals surface area contributed by atoms with Gasteiger partial charge in [-0.05, 0) is 33.1 Å². The Kier molecular flexibility index (Phi) is 5.72. The maximum Gasteiger partial charge on any atom is 0.436 e. The van der Waals surface area contributed by atoms with Gasteiger partial charge in [-0.15, -0.1) is 0 Å². The predicted molar refractivity (Wildman–Crippen MR) is 119 cm³/mol. The molecule has 0 aliphatic carbocycles. The lowest BCUT2D eigenvalue weighted by Gasteiger charge is -2.18. The van der Waals surface area contributed by atoms with E-state index in [2.05, 4.69) is 62.7 Å². The molecule has 6 nitrogen and oxygen atoms in total. The molecule has 0 spiro atoms. The van der Waals surface area contributed by atoms with Crippen molar-refractivity contribution in [1.82, 2.24) is 19.5 Å². The molecule has 0 unspecified atom stereocenters. The van der Waals surface area contributed by atoms with Crippen LogP contribution < -0.4 is 4.90 Å². The summed E-state index contributed by atoms with van der Waals surface area (Å²) < 4.78 is 39.4. The molecule has 2 aromatic heterocycles. The van der Waals surface area contributed by atoms with E-state index < -0.39 is 15.1 Å². The molecule has 162 valence electrons. The van der Waals surface area contributed by atoms with Crippen LogP contribution in [0, 0.1) is 0 Å². The molecule has 0 fully saturated rings. The van der Waals surface area contributed by atoms with Crippen LogP contribution in [0.3, 0.4) is 0 Å². The second-order valence-corrected chi connectivity index (χ2v) is 11.2. The van der Waals surface area contributed by atoms with E-state index in [4.69, 9.17) is 11.6 Å². The number of benzene rings is 1. The van der Waals surface area contributed by atoms with Crippen LogP contribution in [0.4, 0.5) is 19.0 Å². The van der Waals surface area contributed by atoms with Crippen molar-refractivity contribution in [1.29, 1.82) is 0 Å². The van der Waals surface area contributed by atoms with Crippen LogP contribution in [0.1, 0.15) is 16.8 Å². The fraction of sp³-hybridized carbons (Fsp3) is 0.222. The Morgan fingerprint density at radius 3 is 2.39 bits per heavy atom. The number of alkyl halides is 5. The van der Waals surface area contributed by atoms with Crippen molar-refractivity contribution in [2.24, 2.45) is 7.05 Å². The first-order valence-corrected chi connectivity index (χ1v) is 11.3. The smallest absolute Gasteiger partial charge is 0.321 e. The number of anilines is 1. The molecule has 3 heterocycles. The number of hydrogen-bond donors (Lipinski definition) is 0. The number of aromatic nitrogens is 4. The Morgan fingerprint density at radius 1 is 1.16 bits per heavy atom. The first-order chi connectivity index (χ1) is 14.4. The highest BCUT2D eigenvalue weighted by molar-refractivity contribution is 9.25. The molecule has 0 radical (unpaired) electrons. The summed E-state index contributed by atoms with van der Waals surface area (Å²) in [6.07, 6.45) is -3.11. The van der Waals surface area contributed by atoms with E-state index in [9.17, 15) is 18.0 Å². The van der Waals surface area contributed by atoms with Gasteiger partial charge in [0.25, 0.3) is 5.91 Å². The number of fused-ring (bicyclic) bond motifs is 1. The maximum absolute atomic E-state index is 13.1. The first-order valence-electron chi connectivity index (χ1n) is 8.52. The molecule has 1 aliphatic heterocycles. The van der Waals surface area contributed by atoms with Gasteiger partial charge >= 0.3 is 6.18 Å². The number of carbonyl (C=O) groups is 1. The molecule has 0 saturated carbocycles. The SMILES string of the molecule is Cn1c(-c2ccc(CN3C(=O)C(Br)(Br)c4cnc(Cl)nc43)cc2)nc(C(F)(F)F)c1Br. The fourth-order valence-corrected chi connectivity index (χ4v) is 4.76. The third-order valence-corrected chi connectivity index (χ3v) is 7.32. The summed E-state index contributed by atoms with van der Waals surface area (Å²) in [7, 11) is 1.49. The minimum Gasteiger partial charge on any atom is -0.321 e. The quantitative estimate of drug-likeness (QED) is 0.267. The Labute approximate surface area is 204 Å². The number of imidazole rings is 1. The van der Waals surface area contributed by atoms with Gasteiger partial charge in [-0.25, -0.2) is 9.97 Å². The lowest BCUT2D eigenvalue weighted by atomic mass is 10.1. The lowest BCUT2D eigenvalue weighted by Crippen LogP contribution is -2.32. The monoisotopic (exact) mass is 641 g/mol. The zero-order chi connectivity index (χ0) is 22.7. The zero-order valence-electron chi connectivity index (χ0n) is 15.4. The molecule has 0 saturated heterocycles. The topological polar surface area (TPSA) is 63.9 Å². The minimum atomic E-state index is -4.57. The van der Waals surface area contributed by atoms with Crippen LogP contribution in [0.15, 0.2) is 35.1 Å². The number of hydrogen-bond acceptors (Lipinski definition) is 4. The maximum atomic E-state index is 13.1. The molecule has 1 amide bonds. The zero-order valence-corrected chi connectivity index (χ0v) is 20.9. The van der Waals surface area contributed by atoms with Crippen LogP contribution in [-0.4, -0.2) is 25.4 Å². The number of halogens is 7. The molecule has 1 aliphatic rings. The van der Waals surface area contributed by atoms with Crippen molar-refractivity contribution in [2.45, 2.75) is 16.0 Å². The summed E-state index contributed by atoms with van der Waals surface area (Å²) in [5.41, 5.74) is 0.767. The number of carbonyl (C=O) groups excluding carboxylic acids is 1. The van der Waals surface area contributed by atoms with Gasteiger partial charge in [-0.1, -0.05) is 56.1 Å². The van der Waals surface area contributed by atoms with Crippen molar-refractivity contribution in [3.63, 3.8) is 0 Å². The van der Waals surface area contributed by atoms with Crippen LogP contribution in [0.2, 0.25) is 5.28 Å². The molecule has 13 heteroatoms. The van der Waals surface area contributed by atoms with Crippen molar-refractivity contribution >= 4 is 71.1 Å². The van der Waals surface area contributed by atoms with Crippen LogP contribution >= 0.6 is 59.4 Å². The lowest BCUT2D eigenvalue weighted by molar-refractivity contribution is -0.141. The Balaban J connectivity index is 1.64. The second-order valence-electron chi connectivity index (χ2n) is 6.67. The molecule has 1 aromatic carbocycles. The molecular formula is C18H10Br3ClF3N5O. The van der Waals surface area contributed by atoms with E-state index in [-0.39, 0.29) is 28.2 Å². The molecule has 0 N–H and O–H groups in total. The van der Waals surface area contributed by atoms with E-state index in [1.165, 1.54) is 22.7 Å². The normalized spacial score (nSPS) is 15.5. The third kappa shape index (κ3) is 3.91. The van der Waals surface area contributed by atoms with Gasteiger partial charge in [0.2, 0.25) is 5.28 Å². The molecule has 0 atom stereocenters. The summed E-state index contributed by atoms with van der Waals surface area (Å²) in [5, 5.41) is 0.00502. The average molecular weight is 644 g/mol. The van der Waals surface area contributed by atoms with Crippen LogP contribution in [-0.2, 0) is 27.8 Å². The molecule has 31 heavy (non-hydrogen) atoms. The van der Waals surface area contributed by atoms with Gasteiger partial charge in [-0.2, -0.15) is 18.2 Å². The van der Waals surface area contributed by atoms with E-state index in [1.54, 1.807) is 24.3 Å². The van der Waals surface area contributed by atoms with Crippen molar-refractivity contribution in [3.05, 3.63) is 57.2 Å². The molecular weight excluding hydrogens is 634 g/mol. The van der Waals surface area contributed by atoms with Gasteiger partial charge in [0.15, 0.2) is 8.93 Å². The van der Waals surface area contributed by atoms with Gasteiger partial charge in [0, 0.05) is 18.8 Å². The molecule has 0 bridgehead atoms. The van der Waals surface area contributed by atoms with E-state index in [1.807, 2.05) is 0 Å². The standard InChI is InChI=1S/C18H10Br3ClF3N5O/c1-29-12(19)11(18(23,24)25)27-13(29)9-4-2-8(3-5-9)7-30-14-10(6-26-16(22)28-14)17(20,21)15(30)31/h2-6H,7H2,1H3. The van der Waals surface area contributed by atoms with Gasteiger partial charge < -0.3 is 4.57 Å². The Morgan fingerprint density at radius 2 is 1.81 bits per heavy atom. The summed E-state index contributed by atoms with van der Waals surface area (Å²) in [5.74, 6) is 0.226. The number of rotatable bonds is 3. The van der Waals surface area contributed by atoms with Crippen molar-refractivity contribution in [2.75, 3.05) is 4.90 Å². The third-order valence-electron chi connectivity index (χ3n) is 4.69. The minimum absolute atomic E-state index is 0.00502.